The van der Waals surface area contributed by atoms with E-state index < -0.39 is 0 Å². The van der Waals surface area contributed by atoms with Crippen molar-refractivity contribution >= 4 is 97.7 Å². The van der Waals surface area contributed by atoms with Gasteiger partial charge in [0.2, 0.25) is 0 Å². The quantitative estimate of drug-likeness (QED) is 0.169. The molecule has 268 valence electrons. The fourth-order valence-electron chi connectivity index (χ4n) is 9.76. The van der Waals surface area contributed by atoms with Crippen LogP contribution in [0.15, 0.2) is 203 Å². The number of benzene rings is 11. The highest BCUT2D eigenvalue weighted by Crippen LogP contribution is 2.46. The highest BCUT2D eigenvalue weighted by Gasteiger charge is 2.20. The highest BCUT2D eigenvalue weighted by atomic mass is 16.3. The van der Waals surface area contributed by atoms with Crippen molar-refractivity contribution in [2.75, 3.05) is 0 Å². The molecule has 13 rings (SSSR count). The standard InChI is InChI=1S/C56H32O2/c1-2-12-34-28-38(25-21-33(34)11-1)54-43-16-5-7-18-45(43)55(46-19-8-6-17-44(46)54)39-26-23-35-27-37(24-22-36(35)29-39)47-30-53-56(42-15-4-3-13-40(42)47)49-32-51-48(31-52(49)58-53)41-14-9-10-20-50(41)57-51/h1-32H. The summed E-state index contributed by atoms with van der Waals surface area (Å²) >= 11 is 0. The van der Waals surface area contributed by atoms with E-state index in [9.17, 15) is 0 Å². The van der Waals surface area contributed by atoms with Gasteiger partial charge in [-0.2, -0.15) is 0 Å². The minimum atomic E-state index is 0.868. The molecule has 2 heterocycles. The zero-order chi connectivity index (χ0) is 37.9. The highest BCUT2D eigenvalue weighted by molar-refractivity contribution is 6.25. The first-order chi connectivity index (χ1) is 28.7. The summed E-state index contributed by atoms with van der Waals surface area (Å²) < 4.78 is 13.0. The molecule has 0 aliphatic carbocycles. The van der Waals surface area contributed by atoms with Crippen LogP contribution < -0.4 is 0 Å². The third-order valence-electron chi connectivity index (χ3n) is 12.4. The molecule has 0 bridgehead atoms. The SMILES string of the molecule is c1ccc2cc(-c3c4ccccc4c(-c4ccc5cc(-c6cc7oc8cc9c(cc8c7c7ccccc67)oc6ccccc69)ccc5c4)c4ccccc34)ccc2c1. The number of hydrogen-bond donors (Lipinski definition) is 0. The predicted molar refractivity (Wildman–Crippen MR) is 245 cm³/mol. The van der Waals surface area contributed by atoms with Crippen LogP contribution in [0.5, 0.6) is 0 Å². The van der Waals surface area contributed by atoms with Crippen LogP contribution in [0.2, 0.25) is 0 Å². The molecule has 0 unspecified atom stereocenters. The molecule has 0 N–H and O–H groups in total. The first kappa shape index (κ1) is 31.5. The van der Waals surface area contributed by atoms with Crippen LogP contribution in [0, 0.1) is 0 Å². The van der Waals surface area contributed by atoms with Crippen molar-refractivity contribution in [3.63, 3.8) is 0 Å². The van der Waals surface area contributed by atoms with E-state index in [2.05, 4.69) is 182 Å². The molecule has 0 amide bonds. The van der Waals surface area contributed by atoms with E-state index in [0.717, 1.165) is 55.0 Å². The summed E-state index contributed by atoms with van der Waals surface area (Å²) in [5, 5.41) is 16.7. The topological polar surface area (TPSA) is 26.3 Å². The van der Waals surface area contributed by atoms with Crippen molar-refractivity contribution < 1.29 is 8.83 Å². The van der Waals surface area contributed by atoms with Gasteiger partial charge in [-0.05, 0) is 130 Å². The van der Waals surface area contributed by atoms with E-state index in [1.165, 1.54) is 76.1 Å². The molecule has 0 aliphatic rings. The van der Waals surface area contributed by atoms with Gasteiger partial charge in [-0.25, -0.2) is 0 Å². The fraction of sp³-hybridized carbons (Fsp3) is 0. The molecule has 0 saturated heterocycles. The lowest BCUT2D eigenvalue weighted by Crippen LogP contribution is -1.91. The number of para-hydroxylation sites is 1. The molecule has 2 nitrogen and oxygen atoms in total. The van der Waals surface area contributed by atoms with Gasteiger partial charge >= 0.3 is 0 Å². The molecule has 13 aromatic rings. The average Bonchev–Trinajstić information content (AvgIpc) is 3.83. The Hall–Kier alpha value is -7.68. The maximum atomic E-state index is 6.69. The minimum Gasteiger partial charge on any atom is -0.456 e. The van der Waals surface area contributed by atoms with Gasteiger partial charge in [-0.15, -0.1) is 0 Å². The Morgan fingerprint density at radius 1 is 0.241 bits per heavy atom. The van der Waals surface area contributed by atoms with E-state index in [-0.39, 0.29) is 0 Å². The summed E-state index contributed by atoms with van der Waals surface area (Å²) in [6, 6.07) is 70.5. The summed E-state index contributed by atoms with van der Waals surface area (Å²) in [6.45, 7) is 0. The maximum Gasteiger partial charge on any atom is 0.136 e. The lowest BCUT2D eigenvalue weighted by Gasteiger charge is -2.18. The molecule has 0 radical (unpaired) electrons. The molecule has 0 fully saturated rings. The van der Waals surface area contributed by atoms with Crippen LogP contribution in [-0.2, 0) is 0 Å². The Morgan fingerprint density at radius 2 is 0.690 bits per heavy atom. The largest absolute Gasteiger partial charge is 0.456 e. The van der Waals surface area contributed by atoms with Crippen molar-refractivity contribution in [1.29, 1.82) is 0 Å². The van der Waals surface area contributed by atoms with E-state index >= 15 is 0 Å². The third kappa shape index (κ3) is 4.54. The van der Waals surface area contributed by atoms with Gasteiger partial charge in [0.25, 0.3) is 0 Å². The maximum absolute atomic E-state index is 6.69. The second kappa shape index (κ2) is 11.9. The van der Waals surface area contributed by atoms with Crippen molar-refractivity contribution in [2.24, 2.45) is 0 Å². The van der Waals surface area contributed by atoms with E-state index in [1.54, 1.807) is 0 Å². The van der Waals surface area contributed by atoms with Crippen LogP contribution in [0.1, 0.15) is 0 Å². The van der Waals surface area contributed by atoms with Crippen molar-refractivity contribution in [1.82, 2.24) is 0 Å². The summed E-state index contributed by atoms with van der Waals surface area (Å²) in [7, 11) is 0. The molecule has 58 heavy (non-hydrogen) atoms. The Morgan fingerprint density at radius 3 is 1.36 bits per heavy atom. The Balaban J connectivity index is 0.970. The van der Waals surface area contributed by atoms with Crippen molar-refractivity contribution in [3.05, 3.63) is 194 Å². The van der Waals surface area contributed by atoms with E-state index in [0.29, 0.717) is 0 Å². The van der Waals surface area contributed by atoms with Crippen LogP contribution in [-0.4, -0.2) is 0 Å². The average molecular weight is 737 g/mol. The van der Waals surface area contributed by atoms with Gasteiger partial charge in [-0.1, -0.05) is 152 Å². The molecular formula is C56H32O2. The predicted octanol–water partition coefficient (Wildman–Crippen LogP) is 16.3. The fourth-order valence-corrected chi connectivity index (χ4v) is 9.76. The van der Waals surface area contributed by atoms with Crippen LogP contribution in [0.25, 0.3) is 131 Å². The molecule has 0 aliphatic heterocycles. The Labute approximate surface area is 332 Å². The summed E-state index contributed by atoms with van der Waals surface area (Å²) in [4.78, 5) is 0. The molecule has 2 heteroatoms. The first-order valence-electron chi connectivity index (χ1n) is 19.9. The Kier molecular flexibility index (Phi) is 6.47. The monoisotopic (exact) mass is 736 g/mol. The molecule has 0 spiro atoms. The van der Waals surface area contributed by atoms with E-state index in [4.69, 9.17) is 8.83 Å². The van der Waals surface area contributed by atoms with Crippen molar-refractivity contribution in [3.8, 4) is 33.4 Å². The van der Waals surface area contributed by atoms with Crippen LogP contribution in [0.4, 0.5) is 0 Å². The normalized spacial score (nSPS) is 12.1. The van der Waals surface area contributed by atoms with Crippen LogP contribution in [0.3, 0.4) is 0 Å². The van der Waals surface area contributed by atoms with Gasteiger partial charge in [0, 0.05) is 21.5 Å². The summed E-state index contributed by atoms with van der Waals surface area (Å²) in [5.41, 5.74) is 10.8. The lowest BCUT2D eigenvalue weighted by molar-refractivity contribution is 0.664. The van der Waals surface area contributed by atoms with Gasteiger partial charge < -0.3 is 8.83 Å². The van der Waals surface area contributed by atoms with Gasteiger partial charge in [-0.3, -0.25) is 0 Å². The lowest BCUT2D eigenvalue weighted by atomic mass is 9.85. The minimum absolute atomic E-state index is 0.868. The number of furan rings is 2. The van der Waals surface area contributed by atoms with Gasteiger partial charge in [0.05, 0.1) is 0 Å². The molecule has 0 saturated carbocycles. The third-order valence-corrected chi connectivity index (χ3v) is 12.4. The number of fused-ring (bicyclic) bond motifs is 12. The second-order valence-corrected chi connectivity index (χ2v) is 15.6. The van der Waals surface area contributed by atoms with Crippen molar-refractivity contribution in [2.45, 2.75) is 0 Å². The molecular weight excluding hydrogens is 705 g/mol. The second-order valence-electron chi connectivity index (χ2n) is 15.6. The summed E-state index contributed by atoms with van der Waals surface area (Å²) in [6.07, 6.45) is 0. The van der Waals surface area contributed by atoms with Gasteiger partial charge in [0.15, 0.2) is 0 Å². The first-order valence-corrected chi connectivity index (χ1v) is 19.9. The molecule has 11 aromatic carbocycles. The summed E-state index contributed by atoms with van der Waals surface area (Å²) in [5.74, 6) is 0. The van der Waals surface area contributed by atoms with Gasteiger partial charge in [0.1, 0.15) is 22.3 Å². The molecule has 2 aromatic heterocycles. The Bertz CT molecular complexity index is 3800. The zero-order valence-electron chi connectivity index (χ0n) is 31.3. The zero-order valence-corrected chi connectivity index (χ0v) is 31.3. The smallest absolute Gasteiger partial charge is 0.136 e. The number of rotatable bonds is 3. The molecule has 0 atom stereocenters. The van der Waals surface area contributed by atoms with Crippen LogP contribution >= 0.6 is 0 Å². The number of hydrogen-bond acceptors (Lipinski definition) is 2. The van der Waals surface area contributed by atoms with E-state index in [1.807, 2.05) is 12.1 Å².